The van der Waals surface area contributed by atoms with Crippen molar-refractivity contribution in [1.82, 2.24) is 4.72 Å². The standard InChI is InChI=1S/C9H16N2O4S/c1-4-7(5-10)16(14,15)11-8(6(2)3)9(12)13/h6-8,11H,4H2,1-3H3,(H,12,13). The molecule has 0 amide bonds. The first-order valence-electron chi connectivity index (χ1n) is 4.89. The first-order valence-corrected chi connectivity index (χ1v) is 6.44. The second-order valence-electron chi connectivity index (χ2n) is 3.75. The first-order chi connectivity index (χ1) is 7.26. The summed E-state index contributed by atoms with van der Waals surface area (Å²) in [5.41, 5.74) is 0. The normalized spacial score (nSPS) is 15.4. The van der Waals surface area contributed by atoms with Crippen LogP contribution >= 0.6 is 0 Å². The summed E-state index contributed by atoms with van der Waals surface area (Å²) in [7, 11) is -3.90. The summed E-state index contributed by atoms with van der Waals surface area (Å²) in [5, 5.41) is 16.2. The fourth-order valence-electron chi connectivity index (χ4n) is 1.11. The van der Waals surface area contributed by atoms with E-state index in [1.54, 1.807) is 26.8 Å². The van der Waals surface area contributed by atoms with E-state index in [2.05, 4.69) is 0 Å². The third-order valence-electron chi connectivity index (χ3n) is 2.11. The summed E-state index contributed by atoms with van der Waals surface area (Å²) in [6, 6.07) is 0.430. The minimum atomic E-state index is -3.90. The van der Waals surface area contributed by atoms with Gasteiger partial charge in [0.15, 0.2) is 5.25 Å². The molecule has 0 aromatic heterocycles. The molecule has 0 saturated heterocycles. The molecule has 6 nitrogen and oxygen atoms in total. The maximum Gasteiger partial charge on any atom is 0.321 e. The zero-order valence-electron chi connectivity index (χ0n) is 9.47. The summed E-state index contributed by atoms with van der Waals surface area (Å²) in [5.74, 6) is -1.63. The van der Waals surface area contributed by atoms with Crippen LogP contribution in [0.1, 0.15) is 27.2 Å². The van der Waals surface area contributed by atoms with Gasteiger partial charge in [0.1, 0.15) is 6.04 Å². The SMILES string of the molecule is CCC(C#N)S(=O)(=O)NC(C(=O)O)C(C)C. The van der Waals surface area contributed by atoms with Crippen molar-refractivity contribution in [1.29, 1.82) is 5.26 Å². The Hall–Kier alpha value is -1.13. The Morgan fingerprint density at radius 3 is 2.25 bits per heavy atom. The van der Waals surface area contributed by atoms with Crippen LogP contribution in [-0.4, -0.2) is 30.8 Å². The first kappa shape index (κ1) is 14.9. The Morgan fingerprint density at radius 2 is 2.00 bits per heavy atom. The number of rotatable bonds is 6. The number of hydrogen-bond donors (Lipinski definition) is 2. The molecule has 0 aliphatic heterocycles. The van der Waals surface area contributed by atoms with E-state index < -0.39 is 27.3 Å². The minimum Gasteiger partial charge on any atom is -0.480 e. The van der Waals surface area contributed by atoms with Crippen molar-refractivity contribution >= 4 is 16.0 Å². The number of nitriles is 1. The van der Waals surface area contributed by atoms with Gasteiger partial charge in [0, 0.05) is 0 Å². The summed E-state index contributed by atoms with van der Waals surface area (Å²) < 4.78 is 25.3. The second kappa shape index (κ2) is 5.82. The van der Waals surface area contributed by atoms with Gasteiger partial charge in [0.25, 0.3) is 0 Å². The molecule has 0 aromatic rings. The zero-order chi connectivity index (χ0) is 12.9. The highest BCUT2D eigenvalue weighted by Gasteiger charge is 2.31. The minimum absolute atomic E-state index is 0.121. The molecule has 0 spiro atoms. The van der Waals surface area contributed by atoms with Gasteiger partial charge in [0.2, 0.25) is 10.0 Å². The van der Waals surface area contributed by atoms with E-state index in [1.807, 2.05) is 4.72 Å². The van der Waals surface area contributed by atoms with Crippen LogP contribution < -0.4 is 4.72 Å². The van der Waals surface area contributed by atoms with Gasteiger partial charge in [-0.3, -0.25) is 4.79 Å². The molecule has 2 atom stereocenters. The fourth-order valence-corrected chi connectivity index (χ4v) is 2.58. The van der Waals surface area contributed by atoms with E-state index in [0.29, 0.717) is 0 Å². The molecule has 0 aliphatic rings. The summed E-state index contributed by atoms with van der Waals surface area (Å²) in [4.78, 5) is 10.8. The number of sulfonamides is 1. The Labute approximate surface area is 95.3 Å². The highest BCUT2D eigenvalue weighted by molar-refractivity contribution is 7.90. The van der Waals surface area contributed by atoms with Crippen LogP contribution in [0.25, 0.3) is 0 Å². The molecule has 2 unspecified atom stereocenters. The van der Waals surface area contributed by atoms with Gasteiger partial charge >= 0.3 is 5.97 Å². The molecular formula is C9H16N2O4S. The average Bonchev–Trinajstić information content (AvgIpc) is 2.14. The Bertz CT molecular complexity index is 383. The Morgan fingerprint density at radius 1 is 1.50 bits per heavy atom. The largest absolute Gasteiger partial charge is 0.480 e. The van der Waals surface area contributed by atoms with Crippen molar-refractivity contribution in [2.75, 3.05) is 0 Å². The number of nitrogens with zero attached hydrogens (tertiary/aromatic N) is 1. The molecule has 0 aliphatic carbocycles. The second-order valence-corrected chi connectivity index (χ2v) is 5.64. The van der Waals surface area contributed by atoms with Crippen LogP contribution in [0.15, 0.2) is 0 Å². The molecular weight excluding hydrogens is 232 g/mol. The van der Waals surface area contributed by atoms with Crippen LogP contribution in [0.3, 0.4) is 0 Å². The highest BCUT2D eigenvalue weighted by Crippen LogP contribution is 2.08. The van der Waals surface area contributed by atoms with Gasteiger partial charge in [0.05, 0.1) is 6.07 Å². The maximum atomic E-state index is 11.6. The fraction of sp³-hybridized carbons (Fsp3) is 0.778. The lowest BCUT2D eigenvalue weighted by molar-refractivity contribution is -0.140. The van der Waals surface area contributed by atoms with Crippen molar-refractivity contribution in [3.63, 3.8) is 0 Å². The lowest BCUT2D eigenvalue weighted by Gasteiger charge is -2.19. The van der Waals surface area contributed by atoms with E-state index in [9.17, 15) is 13.2 Å². The molecule has 16 heavy (non-hydrogen) atoms. The van der Waals surface area contributed by atoms with Crippen molar-refractivity contribution in [3.8, 4) is 6.07 Å². The molecule has 0 fully saturated rings. The van der Waals surface area contributed by atoms with Crippen LogP contribution in [0.4, 0.5) is 0 Å². The summed E-state index contributed by atoms with van der Waals surface area (Å²) in [6.45, 7) is 4.74. The number of carboxylic acids is 1. The van der Waals surface area contributed by atoms with E-state index in [0.717, 1.165) is 0 Å². The van der Waals surface area contributed by atoms with Crippen molar-refractivity contribution in [2.24, 2.45) is 5.92 Å². The number of hydrogen-bond acceptors (Lipinski definition) is 4. The molecule has 2 N–H and O–H groups in total. The predicted molar refractivity (Wildman–Crippen MR) is 58.0 cm³/mol. The van der Waals surface area contributed by atoms with Gasteiger partial charge in [-0.1, -0.05) is 20.8 Å². The van der Waals surface area contributed by atoms with Crippen LogP contribution in [-0.2, 0) is 14.8 Å². The third-order valence-corrected chi connectivity index (χ3v) is 3.88. The van der Waals surface area contributed by atoms with E-state index >= 15 is 0 Å². The summed E-state index contributed by atoms with van der Waals surface area (Å²) >= 11 is 0. The smallest absolute Gasteiger partial charge is 0.321 e. The molecule has 0 saturated carbocycles. The van der Waals surface area contributed by atoms with Crippen molar-refractivity contribution in [3.05, 3.63) is 0 Å². The molecule has 7 heteroatoms. The van der Waals surface area contributed by atoms with Crippen LogP contribution in [0.2, 0.25) is 0 Å². The molecule has 0 bridgehead atoms. The van der Waals surface area contributed by atoms with E-state index in [4.69, 9.17) is 10.4 Å². The number of nitrogens with one attached hydrogen (secondary N) is 1. The number of carboxylic acid groups (broad SMARTS) is 1. The molecule has 0 radical (unpaired) electrons. The predicted octanol–water partition coefficient (Wildman–Crippen LogP) is 0.317. The van der Waals surface area contributed by atoms with Gasteiger partial charge in [-0.25, -0.2) is 8.42 Å². The van der Waals surface area contributed by atoms with Crippen molar-refractivity contribution < 1.29 is 18.3 Å². The van der Waals surface area contributed by atoms with Crippen LogP contribution in [0, 0.1) is 17.2 Å². The monoisotopic (exact) mass is 248 g/mol. The molecule has 92 valence electrons. The molecule has 0 aromatic carbocycles. The Kier molecular flexibility index (Phi) is 5.41. The van der Waals surface area contributed by atoms with Crippen LogP contribution in [0.5, 0.6) is 0 Å². The summed E-state index contributed by atoms with van der Waals surface area (Å²) in [6.07, 6.45) is 0.121. The lowest BCUT2D eigenvalue weighted by atomic mass is 10.1. The van der Waals surface area contributed by atoms with Gasteiger partial charge in [-0.2, -0.15) is 9.98 Å². The van der Waals surface area contributed by atoms with Gasteiger partial charge in [-0.05, 0) is 12.3 Å². The maximum absolute atomic E-state index is 11.6. The topological polar surface area (TPSA) is 107 Å². The highest BCUT2D eigenvalue weighted by atomic mass is 32.2. The lowest BCUT2D eigenvalue weighted by Crippen LogP contribution is -2.47. The third kappa shape index (κ3) is 3.79. The van der Waals surface area contributed by atoms with E-state index in [-0.39, 0.29) is 12.3 Å². The Balaban J connectivity index is 4.95. The zero-order valence-corrected chi connectivity index (χ0v) is 10.3. The van der Waals surface area contributed by atoms with Gasteiger partial charge < -0.3 is 5.11 Å². The molecule has 0 heterocycles. The molecule has 0 rings (SSSR count). The van der Waals surface area contributed by atoms with Crippen molar-refractivity contribution in [2.45, 2.75) is 38.5 Å². The van der Waals surface area contributed by atoms with Gasteiger partial charge in [-0.15, -0.1) is 0 Å². The average molecular weight is 248 g/mol. The number of carbonyl (C=O) groups is 1. The number of aliphatic carboxylic acids is 1. The van der Waals surface area contributed by atoms with E-state index in [1.165, 1.54) is 0 Å². The quantitative estimate of drug-likeness (QED) is 0.703.